The Morgan fingerprint density at radius 1 is 1.11 bits per heavy atom. The second-order valence-corrected chi connectivity index (χ2v) is 12.3. The summed E-state index contributed by atoms with van der Waals surface area (Å²) in [5.41, 5.74) is 2.18. The fourth-order valence-corrected chi connectivity index (χ4v) is 6.31. The first-order valence-electron chi connectivity index (χ1n) is 15.9. The normalized spacial score (nSPS) is 33.6. The number of aliphatic hydroxyl groups is 4. The van der Waals surface area contributed by atoms with Gasteiger partial charge in [0.05, 0.1) is 44.2 Å². The summed E-state index contributed by atoms with van der Waals surface area (Å²) in [6.07, 6.45) is 7.17. The van der Waals surface area contributed by atoms with Crippen molar-refractivity contribution in [2.45, 2.75) is 89.1 Å². The molecule has 13 heteroatoms. The van der Waals surface area contributed by atoms with Gasteiger partial charge in [-0.15, -0.1) is 0 Å². The van der Waals surface area contributed by atoms with Gasteiger partial charge in [-0.05, 0) is 45.6 Å². The smallest absolute Gasteiger partial charge is 0.341 e. The van der Waals surface area contributed by atoms with E-state index >= 15 is 0 Å². The van der Waals surface area contributed by atoms with Crippen molar-refractivity contribution in [3.63, 3.8) is 0 Å². The maximum absolute atomic E-state index is 13.0. The fourth-order valence-electron chi connectivity index (χ4n) is 6.31. The lowest BCUT2D eigenvalue weighted by Crippen LogP contribution is -3.08. The minimum atomic E-state index is -1.42. The van der Waals surface area contributed by atoms with Gasteiger partial charge in [0.2, 0.25) is 6.29 Å². The van der Waals surface area contributed by atoms with Crippen molar-refractivity contribution < 1.29 is 63.7 Å². The van der Waals surface area contributed by atoms with Crippen molar-refractivity contribution in [2.24, 2.45) is 11.8 Å². The van der Waals surface area contributed by atoms with Crippen LogP contribution in [0.15, 0.2) is 59.1 Å². The van der Waals surface area contributed by atoms with Gasteiger partial charge in [-0.25, -0.2) is 9.59 Å². The summed E-state index contributed by atoms with van der Waals surface area (Å²) in [7, 11) is 1.27. The number of aliphatic hydroxyl groups excluding tert-OH is 4. The van der Waals surface area contributed by atoms with Crippen LogP contribution >= 0.6 is 0 Å². The summed E-state index contributed by atoms with van der Waals surface area (Å²) >= 11 is 0. The Hall–Kier alpha value is -2.88. The van der Waals surface area contributed by atoms with Crippen molar-refractivity contribution in [3.05, 3.63) is 59.1 Å². The molecule has 1 unspecified atom stereocenters. The van der Waals surface area contributed by atoms with Gasteiger partial charge in [-0.2, -0.15) is 0 Å². The number of carbonyl (C=O) groups excluding carboxylic acids is 1. The number of rotatable bonds is 12. The van der Waals surface area contributed by atoms with Crippen LogP contribution in [0.25, 0.3) is 0 Å². The second-order valence-electron chi connectivity index (χ2n) is 12.3. The number of quaternary nitrogens is 1. The molecule has 1 aliphatic carbocycles. The molecule has 4 rings (SSSR count). The third kappa shape index (κ3) is 8.92. The number of hydrogen-bond acceptors (Lipinski definition) is 11. The van der Waals surface area contributed by atoms with E-state index in [2.05, 4.69) is 0 Å². The quantitative estimate of drug-likeness (QED) is 0.124. The van der Waals surface area contributed by atoms with Gasteiger partial charge >= 0.3 is 11.9 Å². The maximum Gasteiger partial charge on any atom is 0.341 e. The minimum Gasteiger partial charge on any atom is -0.477 e. The highest BCUT2D eigenvalue weighted by Gasteiger charge is 2.49. The van der Waals surface area contributed by atoms with Crippen LogP contribution in [-0.4, -0.2) is 114 Å². The van der Waals surface area contributed by atoms with E-state index in [4.69, 9.17) is 23.7 Å². The van der Waals surface area contributed by atoms with Gasteiger partial charge < -0.3 is 54.1 Å². The van der Waals surface area contributed by atoms with E-state index in [9.17, 15) is 35.1 Å². The van der Waals surface area contributed by atoms with Crippen LogP contribution in [0.1, 0.15) is 46.0 Å². The lowest BCUT2D eigenvalue weighted by Gasteiger charge is -2.44. The van der Waals surface area contributed by atoms with Crippen molar-refractivity contribution in [3.8, 4) is 0 Å². The molecule has 9 atom stereocenters. The SMILES string of the molecule is COC(=O)C1=CO[C@@H](O[C@@H]2O[C@H](CO)[C@@H](O)[C@H](O)[C@H]2OC(C)C)[C@H](C=C2CCCCC2)[C@@H]1/C=C/C1=CC(C(=O)O)=C[NH+](CCO)C1. The first kappa shape index (κ1) is 36.0. The molecule has 0 aromatic carbocycles. The molecule has 0 amide bonds. The Bertz CT molecular complexity index is 1210. The number of methoxy groups -OCH3 is 1. The second kappa shape index (κ2) is 16.8. The number of carbonyl (C=O) groups is 2. The maximum atomic E-state index is 13.0. The molecule has 0 aromatic heterocycles. The van der Waals surface area contributed by atoms with E-state index in [0.29, 0.717) is 18.7 Å². The number of carboxylic acids is 1. The first-order valence-corrected chi connectivity index (χ1v) is 15.9. The standard InChI is InChI=1S/C33H47NO12/c1-19(2)44-29-28(38)27(37)26(17-36)45-33(29)46-32-24(14-20-7-5-4-6-8-20)23(25(18-43-32)31(41)42-3)10-9-21-13-22(30(39)40)16-34(15-21)11-12-35/h9-10,13-14,16,18-19,23-24,26-29,32-33,35-38H,4-8,11-12,15,17H2,1-3H3,(H,39,40)/p+1/b10-9+/t23-,24+,26+,27+,28-,29+,32-,33-/m0/s1. The third-order valence-corrected chi connectivity index (χ3v) is 8.61. The molecule has 0 bridgehead atoms. The van der Waals surface area contributed by atoms with Crippen molar-refractivity contribution in [2.75, 3.05) is 33.4 Å². The van der Waals surface area contributed by atoms with Crippen LogP contribution in [0, 0.1) is 11.8 Å². The van der Waals surface area contributed by atoms with E-state index in [1.807, 2.05) is 6.08 Å². The Kier molecular flexibility index (Phi) is 13.1. The highest BCUT2D eigenvalue weighted by atomic mass is 16.8. The topological polar surface area (TPSA) is 186 Å². The lowest BCUT2D eigenvalue weighted by atomic mass is 9.80. The number of carboxylic acid groups (broad SMARTS) is 1. The zero-order valence-electron chi connectivity index (χ0n) is 26.6. The molecule has 1 saturated carbocycles. The van der Waals surface area contributed by atoms with Gasteiger partial charge in [-0.3, -0.25) is 0 Å². The Morgan fingerprint density at radius 2 is 1.85 bits per heavy atom. The van der Waals surface area contributed by atoms with Gasteiger partial charge in [0.25, 0.3) is 0 Å². The molecular formula is C33H48NO12+. The Labute approximate surface area is 269 Å². The molecule has 13 nitrogen and oxygen atoms in total. The zero-order valence-corrected chi connectivity index (χ0v) is 26.6. The number of allylic oxidation sites excluding steroid dienone is 2. The minimum absolute atomic E-state index is 0.0944. The molecule has 3 heterocycles. The van der Waals surface area contributed by atoms with E-state index < -0.39 is 67.4 Å². The predicted molar refractivity (Wildman–Crippen MR) is 163 cm³/mol. The molecule has 0 spiro atoms. The highest BCUT2D eigenvalue weighted by Crippen LogP contribution is 2.39. The summed E-state index contributed by atoms with van der Waals surface area (Å²) < 4.78 is 29.3. The lowest BCUT2D eigenvalue weighted by molar-refractivity contribution is -0.842. The molecular weight excluding hydrogens is 602 g/mol. The van der Waals surface area contributed by atoms with E-state index in [1.54, 1.807) is 38.3 Å². The van der Waals surface area contributed by atoms with E-state index in [0.717, 1.165) is 37.0 Å². The third-order valence-electron chi connectivity index (χ3n) is 8.61. The molecule has 3 aliphatic heterocycles. The van der Waals surface area contributed by atoms with Crippen LogP contribution in [-0.2, 0) is 33.3 Å². The van der Waals surface area contributed by atoms with Gasteiger partial charge in [0.15, 0.2) is 6.29 Å². The van der Waals surface area contributed by atoms with Crippen LogP contribution < -0.4 is 4.90 Å². The molecule has 4 aliphatic rings. The molecule has 6 N–H and O–H groups in total. The average Bonchev–Trinajstić information content (AvgIpc) is 3.04. The number of aliphatic carboxylic acids is 1. The van der Waals surface area contributed by atoms with Crippen LogP contribution in [0.5, 0.6) is 0 Å². The molecule has 2 fully saturated rings. The summed E-state index contributed by atoms with van der Waals surface area (Å²) in [4.78, 5) is 25.6. The average molecular weight is 651 g/mol. The molecule has 46 heavy (non-hydrogen) atoms. The molecule has 0 radical (unpaired) electrons. The van der Waals surface area contributed by atoms with Crippen LogP contribution in [0.3, 0.4) is 0 Å². The molecule has 256 valence electrons. The van der Waals surface area contributed by atoms with Gasteiger partial charge in [-0.1, -0.05) is 30.2 Å². The number of hydrogen-bond donors (Lipinski definition) is 6. The Morgan fingerprint density at radius 3 is 2.48 bits per heavy atom. The van der Waals surface area contributed by atoms with Crippen molar-refractivity contribution >= 4 is 11.9 Å². The van der Waals surface area contributed by atoms with Crippen LogP contribution in [0.2, 0.25) is 0 Å². The zero-order chi connectivity index (χ0) is 33.4. The Balaban J connectivity index is 1.73. The monoisotopic (exact) mass is 650 g/mol. The highest BCUT2D eigenvalue weighted by molar-refractivity contribution is 5.90. The number of nitrogens with one attached hydrogen (secondary N) is 1. The predicted octanol–water partition coefficient (Wildman–Crippen LogP) is 0.114. The molecule has 1 saturated heterocycles. The van der Waals surface area contributed by atoms with Gasteiger partial charge in [0, 0.05) is 11.5 Å². The summed E-state index contributed by atoms with van der Waals surface area (Å²) in [5, 5.41) is 50.4. The van der Waals surface area contributed by atoms with E-state index in [1.165, 1.54) is 18.9 Å². The van der Waals surface area contributed by atoms with Gasteiger partial charge in [0.1, 0.15) is 49.3 Å². The summed E-state index contributed by atoms with van der Waals surface area (Å²) in [6, 6.07) is 0. The largest absolute Gasteiger partial charge is 0.477 e. The van der Waals surface area contributed by atoms with Crippen LogP contribution in [0.4, 0.5) is 0 Å². The first-order chi connectivity index (χ1) is 22.1. The van der Waals surface area contributed by atoms with Crippen molar-refractivity contribution in [1.29, 1.82) is 0 Å². The molecule has 0 aromatic rings. The number of esters is 1. The number of ether oxygens (including phenoxy) is 5. The summed E-state index contributed by atoms with van der Waals surface area (Å²) in [5.74, 6) is -2.93. The van der Waals surface area contributed by atoms with Crippen molar-refractivity contribution in [1.82, 2.24) is 0 Å². The fraction of sp³-hybridized carbons (Fsp3) is 0.636. The van der Waals surface area contributed by atoms with E-state index in [-0.39, 0.29) is 23.9 Å². The summed E-state index contributed by atoms with van der Waals surface area (Å²) in [6.45, 7) is 3.60.